The van der Waals surface area contributed by atoms with Gasteiger partial charge in [0.2, 0.25) is 0 Å². The van der Waals surface area contributed by atoms with Crippen LogP contribution in [-0.4, -0.2) is 12.4 Å². The van der Waals surface area contributed by atoms with Crippen molar-refractivity contribution in [3.8, 4) is 28.0 Å². The van der Waals surface area contributed by atoms with E-state index in [1.165, 1.54) is 23.8 Å². The fraction of sp³-hybridized carbons (Fsp3) is 0.156. The van der Waals surface area contributed by atoms with E-state index in [9.17, 15) is 31.1 Å². The minimum absolute atomic E-state index is 0.116. The van der Waals surface area contributed by atoms with Gasteiger partial charge in [-0.2, -0.15) is 0 Å². The Hall–Kier alpha value is -4.33. The molecular formula is C32H24F6O2. The third-order valence-corrected chi connectivity index (χ3v) is 6.22. The van der Waals surface area contributed by atoms with Crippen molar-refractivity contribution in [2.45, 2.75) is 32.6 Å². The molecule has 4 aromatic rings. The molecule has 0 saturated heterocycles. The molecule has 0 aliphatic heterocycles. The van der Waals surface area contributed by atoms with Gasteiger partial charge in [0, 0.05) is 23.3 Å². The summed E-state index contributed by atoms with van der Waals surface area (Å²) in [5, 5.41) is 0. The SMILES string of the molecule is CCCc1ccc(-c2ccc(-c3ccc(C(=O)Oc4cc(F)c(C/C=C/C(F)F)c(F)c4)c(F)c3)c(F)c2)cc1. The van der Waals surface area contributed by atoms with Gasteiger partial charge >= 0.3 is 5.97 Å². The lowest BCUT2D eigenvalue weighted by molar-refractivity contribution is 0.0729. The van der Waals surface area contributed by atoms with Crippen LogP contribution in [0.25, 0.3) is 22.3 Å². The summed E-state index contributed by atoms with van der Waals surface area (Å²) in [6.45, 7) is 2.09. The first-order valence-corrected chi connectivity index (χ1v) is 12.5. The summed E-state index contributed by atoms with van der Waals surface area (Å²) in [5.41, 5.74) is 1.94. The van der Waals surface area contributed by atoms with Crippen molar-refractivity contribution in [3.05, 3.63) is 125 Å². The van der Waals surface area contributed by atoms with E-state index in [1.54, 1.807) is 6.07 Å². The number of hydrogen-bond donors (Lipinski definition) is 0. The van der Waals surface area contributed by atoms with Crippen molar-refractivity contribution < 1.29 is 35.9 Å². The number of benzene rings is 4. The first-order valence-electron chi connectivity index (χ1n) is 12.5. The number of alkyl halides is 2. The zero-order chi connectivity index (χ0) is 28.8. The topological polar surface area (TPSA) is 26.3 Å². The van der Waals surface area contributed by atoms with E-state index in [0.717, 1.165) is 36.6 Å². The first-order chi connectivity index (χ1) is 19.2. The van der Waals surface area contributed by atoms with Gasteiger partial charge in [0.1, 0.15) is 29.0 Å². The summed E-state index contributed by atoms with van der Waals surface area (Å²) in [5.74, 6) is -5.60. The quantitative estimate of drug-likeness (QED) is 0.0893. The number of ether oxygens (including phenoxy) is 1. The number of allylic oxidation sites excluding steroid dienone is 2. The second-order valence-electron chi connectivity index (χ2n) is 9.06. The van der Waals surface area contributed by atoms with E-state index in [4.69, 9.17) is 4.74 Å². The molecule has 0 heterocycles. The van der Waals surface area contributed by atoms with Gasteiger partial charge in [0.25, 0.3) is 6.43 Å². The number of carbonyl (C=O) groups excluding carboxylic acids is 1. The normalized spacial score (nSPS) is 11.4. The summed E-state index contributed by atoms with van der Waals surface area (Å²) in [6.07, 6.45) is 0.171. The fourth-order valence-corrected chi connectivity index (χ4v) is 4.21. The summed E-state index contributed by atoms with van der Waals surface area (Å²) in [6, 6.07) is 17.2. The van der Waals surface area contributed by atoms with Crippen LogP contribution in [-0.2, 0) is 12.8 Å². The van der Waals surface area contributed by atoms with Gasteiger partial charge in [-0.05, 0) is 59.4 Å². The largest absolute Gasteiger partial charge is 0.423 e. The number of rotatable bonds is 9. The molecule has 0 aromatic heterocycles. The Bertz CT molecular complexity index is 1520. The highest BCUT2D eigenvalue weighted by atomic mass is 19.3. The molecule has 0 unspecified atom stereocenters. The molecule has 0 fully saturated rings. The number of halogens is 6. The fourth-order valence-electron chi connectivity index (χ4n) is 4.21. The van der Waals surface area contributed by atoms with Crippen molar-refractivity contribution in [1.82, 2.24) is 0 Å². The molecule has 0 N–H and O–H groups in total. The van der Waals surface area contributed by atoms with Gasteiger partial charge < -0.3 is 4.74 Å². The Morgan fingerprint density at radius 2 is 1.40 bits per heavy atom. The van der Waals surface area contributed by atoms with Crippen LogP contribution in [0.15, 0.2) is 84.9 Å². The molecule has 0 radical (unpaired) electrons. The van der Waals surface area contributed by atoms with Crippen LogP contribution in [0.3, 0.4) is 0 Å². The molecular weight excluding hydrogens is 530 g/mol. The molecule has 0 aliphatic carbocycles. The van der Waals surface area contributed by atoms with Gasteiger partial charge in [0.05, 0.1) is 5.56 Å². The van der Waals surface area contributed by atoms with Crippen LogP contribution in [0.5, 0.6) is 5.75 Å². The lowest BCUT2D eigenvalue weighted by Crippen LogP contribution is -2.11. The summed E-state index contributed by atoms with van der Waals surface area (Å²) >= 11 is 0. The highest BCUT2D eigenvalue weighted by molar-refractivity contribution is 5.92. The molecule has 40 heavy (non-hydrogen) atoms. The van der Waals surface area contributed by atoms with Gasteiger partial charge in [-0.1, -0.05) is 61.9 Å². The van der Waals surface area contributed by atoms with Gasteiger partial charge in [-0.25, -0.2) is 31.1 Å². The lowest BCUT2D eigenvalue weighted by Gasteiger charge is -2.10. The van der Waals surface area contributed by atoms with E-state index in [-0.39, 0.29) is 11.1 Å². The Balaban J connectivity index is 1.50. The predicted octanol–water partition coefficient (Wildman–Crippen LogP) is 9.11. The molecule has 0 atom stereocenters. The summed E-state index contributed by atoms with van der Waals surface area (Å²) in [7, 11) is 0. The maximum Gasteiger partial charge on any atom is 0.346 e. The molecule has 0 spiro atoms. The van der Waals surface area contributed by atoms with Crippen LogP contribution >= 0.6 is 0 Å². The molecule has 4 rings (SSSR count). The van der Waals surface area contributed by atoms with E-state index < -0.39 is 59.0 Å². The van der Waals surface area contributed by atoms with Crippen LogP contribution in [0.2, 0.25) is 0 Å². The molecule has 0 bridgehead atoms. The van der Waals surface area contributed by atoms with Crippen molar-refractivity contribution in [1.29, 1.82) is 0 Å². The molecule has 0 amide bonds. The smallest absolute Gasteiger partial charge is 0.346 e. The van der Waals surface area contributed by atoms with Crippen molar-refractivity contribution in [2.75, 3.05) is 0 Å². The third kappa shape index (κ3) is 6.81. The highest BCUT2D eigenvalue weighted by Crippen LogP contribution is 2.30. The minimum atomic E-state index is -2.77. The minimum Gasteiger partial charge on any atom is -0.423 e. The van der Waals surface area contributed by atoms with Crippen LogP contribution in [0.4, 0.5) is 26.3 Å². The molecule has 206 valence electrons. The average Bonchev–Trinajstić information content (AvgIpc) is 2.90. The van der Waals surface area contributed by atoms with Crippen LogP contribution < -0.4 is 4.74 Å². The molecule has 0 aliphatic rings. The van der Waals surface area contributed by atoms with Crippen molar-refractivity contribution in [2.24, 2.45) is 0 Å². The summed E-state index contributed by atoms with van der Waals surface area (Å²) in [4.78, 5) is 12.5. The van der Waals surface area contributed by atoms with Crippen molar-refractivity contribution >= 4 is 5.97 Å². The maximum atomic E-state index is 15.0. The second kappa shape index (κ2) is 12.7. The Morgan fingerprint density at radius 3 is 2.00 bits per heavy atom. The molecule has 2 nitrogen and oxygen atoms in total. The zero-order valence-electron chi connectivity index (χ0n) is 21.4. The van der Waals surface area contributed by atoms with E-state index in [2.05, 4.69) is 6.92 Å². The number of esters is 1. The first kappa shape index (κ1) is 28.7. The number of aryl methyl sites for hydroxylation is 1. The average molecular weight is 555 g/mol. The highest BCUT2D eigenvalue weighted by Gasteiger charge is 2.19. The zero-order valence-corrected chi connectivity index (χ0v) is 21.4. The Labute approximate surface area is 227 Å². The number of hydrogen-bond acceptors (Lipinski definition) is 2. The monoisotopic (exact) mass is 554 g/mol. The number of carbonyl (C=O) groups is 1. The maximum absolute atomic E-state index is 15.0. The second-order valence-corrected chi connectivity index (χ2v) is 9.06. The predicted molar refractivity (Wildman–Crippen MR) is 141 cm³/mol. The van der Waals surface area contributed by atoms with Gasteiger partial charge in [-0.15, -0.1) is 0 Å². The molecule has 8 heteroatoms. The third-order valence-electron chi connectivity index (χ3n) is 6.22. The van der Waals surface area contributed by atoms with Gasteiger partial charge in [0.15, 0.2) is 0 Å². The van der Waals surface area contributed by atoms with Gasteiger partial charge in [-0.3, -0.25) is 0 Å². The van der Waals surface area contributed by atoms with E-state index >= 15 is 0 Å². The van der Waals surface area contributed by atoms with Crippen molar-refractivity contribution in [3.63, 3.8) is 0 Å². The molecule has 4 aromatic carbocycles. The van der Waals surface area contributed by atoms with Crippen LogP contribution in [0.1, 0.15) is 34.8 Å². The van der Waals surface area contributed by atoms with E-state index in [1.807, 2.05) is 24.3 Å². The van der Waals surface area contributed by atoms with Crippen LogP contribution in [0, 0.1) is 23.3 Å². The molecule has 0 saturated carbocycles. The standard InChI is InChI=1S/C32H24F6O2/c1-2-4-19-7-9-20(10-8-19)21-11-13-24(27(33)15-21)22-12-14-26(28(34)16-22)32(39)40-23-17-29(35)25(30(36)18-23)5-3-6-31(37)38/h3,6-18,31H,2,4-5H2,1H3/b6-3+. The lowest BCUT2D eigenvalue weighted by atomic mass is 9.97. The Kier molecular flexibility index (Phi) is 9.09. The Morgan fingerprint density at radius 1 is 0.775 bits per heavy atom. The summed E-state index contributed by atoms with van der Waals surface area (Å²) < 4.78 is 87.7. The van der Waals surface area contributed by atoms with E-state index in [0.29, 0.717) is 23.8 Å².